The fraction of sp³-hybridized carbons (Fsp3) is 0.148. The smallest absolute Gasteiger partial charge is 0.329 e. The van der Waals surface area contributed by atoms with Crippen LogP contribution in [0.3, 0.4) is 0 Å². The zero-order valence-electron chi connectivity index (χ0n) is 19.7. The van der Waals surface area contributed by atoms with Gasteiger partial charge in [0.05, 0.1) is 13.7 Å². The summed E-state index contributed by atoms with van der Waals surface area (Å²) < 4.78 is 11.7. The quantitative estimate of drug-likeness (QED) is 0.308. The molecule has 0 radical (unpaired) electrons. The summed E-state index contributed by atoms with van der Waals surface area (Å²) >= 11 is 3.47. The van der Waals surface area contributed by atoms with E-state index in [-0.39, 0.29) is 24.8 Å². The number of imide groups is 1. The minimum Gasteiger partial charge on any atom is -0.493 e. The third kappa shape index (κ3) is 5.92. The van der Waals surface area contributed by atoms with Gasteiger partial charge in [-0.1, -0.05) is 64.0 Å². The van der Waals surface area contributed by atoms with Gasteiger partial charge in [0.15, 0.2) is 18.1 Å². The maximum absolute atomic E-state index is 12.9. The Labute approximate surface area is 217 Å². The number of aryl methyl sites for hydroxylation is 1. The first kappa shape index (κ1) is 25.0. The SMILES string of the molecule is COc1cc(/C=C2/NC(=O)N(Cc3ccccc3)C2=O)c(Br)cc1OCC(=O)Nc1ccc(C)cc1. The number of nitrogens with zero attached hydrogens (tertiary/aromatic N) is 1. The molecule has 3 aromatic carbocycles. The number of amides is 4. The summed E-state index contributed by atoms with van der Waals surface area (Å²) in [6.07, 6.45) is 1.56. The van der Waals surface area contributed by atoms with Crippen LogP contribution in [0.25, 0.3) is 6.08 Å². The topological polar surface area (TPSA) is 97.0 Å². The molecule has 4 amide bonds. The summed E-state index contributed by atoms with van der Waals surface area (Å²) in [6.45, 7) is 1.92. The third-order valence-electron chi connectivity index (χ3n) is 5.42. The highest BCUT2D eigenvalue weighted by Crippen LogP contribution is 2.35. The van der Waals surface area contributed by atoms with E-state index in [0.29, 0.717) is 27.2 Å². The number of carbonyl (C=O) groups is 3. The van der Waals surface area contributed by atoms with Gasteiger partial charge in [-0.3, -0.25) is 14.5 Å². The van der Waals surface area contributed by atoms with E-state index in [0.717, 1.165) is 16.0 Å². The number of hydrogen-bond acceptors (Lipinski definition) is 5. The van der Waals surface area contributed by atoms with E-state index in [1.165, 1.54) is 7.11 Å². The van der Waals surface area contributed by atoms with Crippen LogP contribution in [0.15, 0.2) is 76.9 Å². The lowest BCUT2D eigenvalue weighted by Gasteiger charge is -2.13. The average Bonchev–Trinajstić information content (AvgIpc) is 3.13. The van der Waals surface area contributed by atoms with E-state index < -0.39 is 11.9 Å². The molecule has 1 aliphatic rings. The number of rotatable bonds is 8. The highest BCUT2D eigenvalue weighted by atomic mass is 79.9. The maximum atomic E-state index is 12.9. The normalized spacial score (nSPS) is 14.1. The van der Waals surface area contributed by atoms with Gasteiger partial charge in [0.25, 0.3) is 11.8 Å². The zero-order valence-corrected chi connectivity index (χ0v) is 21.3. The predicted octanol–water partition coefficient (Wildman–Crippen LogP) is 4.88. The Morgan fingerprint density at radius 3 is 2.47 bits per heavy atom. The first-order valence-corrected chi connectivity index (χ1v) is 11.9. The average molecular weight is 550 g/mol. The van der Waals surface area contributed by atoms with E-state index >= 15 is 0 Å². The van der Waals surface area contributed by atoms with Crippen molar-refractivity contribution in [3.8, 4) is 11.5 Å². The number of carbonyl (C=O) groups excluding carboxylic acids is 3. The Morgan fingerprint density at radius 1 is 1.06 bits per heavy atom. The fourth-order valence-corrected chi connectivity index (χ4v) is 3.98. The zero-order chi connectivity index (χ0) is 25.7. The van der Waals surface area contributed by atoms with Crippen molar-refractivity contribution < 1.29 is 23.9 Å². The van der Waals surface area contributed by atoms with E-state index in [2.05, 4.69) is 26.6 Å². The van der Waals surface area contributed by atoms with Crippen LogP contribution in [0, 0.1) is 6.92 Å². The van der Waals surface area contributed by atoms with Crippen LogP contribution < -0.4 is 20.1 Å². The highest BCUT2D eigenvalue weighted by molar-refractivity contribution is 9.10. The lowest BCUT2D eigenvalue weighted by atomic mass is 10.1. The van der Waals surface area contributed by atoms with Gasteiger partial charge >= 0.3 is 6.03 Å². The Kier molecular flexibility index (Phi) is 7.70. The maximum Gasteiger partial charge on any atom is 0.329 e. The van der Waals surface area contributed by atoms with Crippen LogP contribution in [-0.2, 0) is 16.1 Å². The Hall–Kier alpha value is -4.11. The van der Waals surface area contributed by atoms with Crippen molar-refractivity contribution in [1.29, 1.82) is 0 Å². The van der Waals surface area contributed by atoms with Crippen LogP contribution >= 0.6 is 15.9 Å². The largest absolute Gasteiger partial charge is 0.493 e. The van der Waals surface area contributed by atoms with Crippen molar-refractivity contribution in [2.24, 2.45) is 0 Å². The second-order valence-electron chi connectivity index (χ2n) is 8.09. The van der Waals surface area contributed by atoms with E-state index in [1.54, 1.807) is 18.2 Å². The van der Waals surface area contributed by atoms with E-state index in [9.17, 15) is 14.4 Å². The van der Waals surface area contributed by atoms with Crippen molar-refractivity contribution in [2.75, 3.05) is 19.0 Å². The molecule has 2 N–H and O–H groups in total. The molecular weight excluding hydrogens is 526 g/mol. The molecule has 184 valence electrons. The lowest BCUT2D eigenvalue weighted by molar-refractivity contribution is -0.123. The molecule has 0 unspecified atom stereocenters. The number of halogens is 1. The Balaban J connectivity index is 1.46. The van der Waals surface area contributed by atoms with Crippen molar-refractivity contribution >= 4 is 45.5 Å². The standard InChI is InChI=1S/C27H24BrN3O5/c1-17-8-10-20(11-9-17)29-25(32)16-36-24-14-21(28)19(13-23(24)35-2)12-22-26(33)31(27(34)30-22)15-18-6-4-3-5-7-18/h3-14H,15-16H2,1-2H3,(H,29,32)(H,30,34)/b22-12+. The minimum atomic E-state index is -0.488. The molecule has 0 atom stereocenters. The van der Waals surface area contributed by atoms with Crippen molar-refractivity contribution in [3.63, 3.8) is 0 Å². The van der Waals surface area contributed by atoms with Crippen molar-refractivity contribution in [1.82, 2.24) is 10.2 Å². The first-order chi connectivity index (χ1) is 17.3. The lowest BCUT2D eigenvalue weighted by Crippen LogP contribution is -2.30. The second kappa shape index (κ2) is 11.1. The molecule has 3 aromatic rings. The molecule has 1 heterocycles. The van der Waals surface area contributed by atoms with Gasteiger partial charge in [0, 0.05) is 10.2 Å². The second-order valence-corrected chi connectivity index (χ2v) is 8.95. The molecule has 0 spiro atoms. The van der Waals surface area contributed by atoms with Gasteiger partial charge in [0.2, 0.25) is 0 Å². The number of nitrogens with one attached hydrogen (secondary N) is 2. The molecule has 8 nitrogen and oxygen atoms in total. The number of methoxy groups -OCH3 is 1. The molecule has 0 aromatic heterocycles. The van der Waals surface area contributed by atoms with Crippen LogP contribution in [0.5, 0.6) is 11.5 Å². The van der Waals surface area contributed by atoms with Gasteiger partial charge in [-0.15, -0.1) is 0 Å². The number of urea groups is 1. The molecule has 1 aliphatic heterocycles. The molecule has 1 saturated heterocycles. The van der Waals surface area contributed by atoms with Gasteiger partial charge < -0.3 is 20.1 Å². The number of benzene rings is 3. The van der Waals surface area contributed by atoms with Crippen LogP contribution in [-0.4, -0.2) is 36.5 Å². The summed E-state index contributed by atoms with van der Waals surface area (Å²) in [7, 11) is 1.48. The number of anilines is 1. The molecule has 1 fully saturated rings. The molecule has 0 bridgehead atoms. The molecule has 4 rings (SSSR count). The van der Waals surface area contributed by atoms with Crippen LogP contribution in [0.2, 0.25) is 0 Å². The van der Waals surface area contributed by atoms with Crippen molar-refractivity contribution in [2.45, 2.75) is 13.5 Å². The molecule has 36 heavy (non-hydrogen) atoms. The monoisotopic (exact) mass is 549 g/mol. The first-order valence-electron chi connectivity index (χ1n) is 11.1. The van der Waals surface area contributed by atoms with E-state index in [4.69, 9.17) is 9.47 Å². The number of hydrogen-bond donors (Lipinski definition) is 2. The van der Waals surface area contributed by atoms with Gasteiger partial charge in [0.1, 0.15) is 5.70 Å². The summed E-state index contributed by atoms with van der Waals surface area (Å²) in [4.78, 5) is 38.7. The highest BCUT2D eigenvalue weighted by Gasteiger charge is 2.33. The molecular formula is C27H24BrN3O5. The van der Waals surface area contributed by atoms with Gasteiger partial charge in [-0.2, -0.15) is 0 Å². The summed E-state index contributed by atoms with van der Waals surface area (Å²) in [5, 5.41) is 5.39. The third-order valence-corrected chi connectivity index (χ3v) is 6.11. The van der Waals surface area contributed by atoms with Gasteiger partial charge in [-0.25, -0.2) is 4.79 Å². The van der Waals surface area contributed by atoms with Crippen LogP contribution in [0.4, 0.5) is 10.5 Å². The molecule has 0 saturated carbocycles. The van der Waals surface area contributed by atoms with Gasteiger partial charge in [-0.05, 0) is 48.4 Å². The van der Waals surface area contributed by atoms with Crippen LogP contribution in [0.1, 0.15) is 16.7 Å². The number of ether oxygens (including phenoxy) is 2. The molecule has 0 aliphatic carbocycles. The van der Waals surface area contributed by atoms with E-state index in [1.807, 2.05) is 61.5 Å². The summed E-state index contributed by atoms with van der Waals surface area (Å²) in [5.74, 6) is -0.0343. The minimum absolute atomic E-state index is 0.143. The summed E-state index contributed by atoms with van der Waals surface area (Å²) in [5.41, 5.74) is 3.35. The predicted molar refractivity (Wildman–Crippen MR) is 139 cm³/mol. The Bertz CT molecular complexity index is 1320. The Morgan fingerprint density at radius 2 is 1.78 bits per heavy atom. The summed E-state index contributed by atoms with van der Waals surface area (Å²) in [6, 6.07) is 19.5. The molecule has 9 heteroatoms. The van der Waals surface area contributed by atoms with Crippen molar-refractivity contribution in [3.05, 3.63) is 93.6 Å². The fourth-order valence-electron chi connectivity index (χ4n) is 3.55.